The topological polar surface area (TPSA) is 29.5 Å². The first-order valence-electron chi connectivity index (χ1n) is 5.64. The molecule has 0 aliphatic heterocycles. The number of alkyl halides is 1. The molecule has 0 aliphatic carbocycles. The third-order valence-electron chi connectivity index (χ3n) is 2.38. The van der Waals surface area contributed by atoms with Crippen LogP contribution in [0.1, 0.15) is 13.8 Å². The lowest BCUT2D eigenvalue weighted by molar-refractivity contribution is -0.131. The summed E-state index contributed by atoms with van der Waals surface area (Å²) in [6.07, 6.45) is 0. The molecule has 0 saturated carbocycles. The number of carbonyl (C=O) groups is 1. The van der Waals surface area contributed by atoms with Gasteiger partial charge in [0.2, 0.25) is 5.91 Å². The van der Waals surface area contributed by atoms with Crippen molar-refractivity contribution in [3.8, 4) is 5.75 Å². The van der Waals surface area contributed by atoms with Crippen molar-refractivity contribution in [2.45, 2.75) is 18.2 Å². The molecule has 0 radical (unpaired) electrons. The molecule has 0 unspecified atom stereocenters. The zero-order chi connectivity index (χ0) is 13.8. The summed E-state index contributed by atoms with van der Waals surface area (Å²) >= 11 is 3.30. The Morgan fingerprint density at radius 2 is 2.06 bits per heavy atom. The van der Waals surface area contributed by atoms with Crippen LogP contribution in [0.5, 0.6) is 5.75 Å². The number of ether oxygens (including phenoxy) is 1. The highest BCUT2D eigenvalue weighted by atomic mass is 79.9. The highest BCUT2D eigenvalue weighted by Crippen LogP contribution is 2.19. The Morgan fingerprint density at radius 3 is 2.61 bits per heavy atom. The molecule has 100 valence electrons. The molecule has 0 bridgehead atoms. The first kappa shape index (κ1) is 15.0. The van der Waals surface area contributed by atoms with Crippen LogP contribution in [-0.2, 0) is 4.79 Å². The van der Waals surface area contributed by atoms with Gasteiger partial charge in [0.15, 0.2) is 11.6 Å². The fraction of sp³-hybridized carbons (Fsp3) is 0.462. The van der Waals surface area contributed by atoms with Crippen LogP contribution in [0.3, 0.4) is 0 Å². The van der Waals surface area contributed by atoms with Gasteiger partial charge in [-0.2, -0.15) is 0 Å². The number of hydrogen-bond donors (Lipinski definition) is 0. The number of likely N-dealkylation sites (N-methyl/N-ethyl adjacent to an activating group) is 1. The number of carbonyl (C=O) groups excluding carboxylic acids is 1. The molecule has 0 fully saturated rings. The zero-order valence-corrected chi connectivity index (χ0v) is 12.3. The number of rotatable bonds is 5. The van der Waals surface area contributed by atoms with Crippen LogP contribution < -0.4 is 4.74 Å². The second-order valence-corrected chi connectivity index (χ2v) is 6.46. The van der Waals surface area contributed by atoms with Gasteiger partial charge in [-0.15, -0.1) is 0 Å². The number of amides is 1. The first-order valence-corrected chi connectivity index (χ1v) is 6.43. The summed E-state index contributed by atoms with van der Waals surface area (Å²) in [6, 6.07) is 6.21. The lowest BCUT2D eigenvalue weighted by Crippen LogP contribution is -2.41. The van der Waals surface area contributed by atoms with Gasteiger partial charge in [-0.1, -0.05) is 28.1 Å². The molecule has 18 heavy (non-hydrogen) atoms. The molecule has 0 heterocycles. The number of halogens is 2. The van der Waals surface area contributed by atoms with Gasteiger partial charge < -0.3 is 9.64 Å². The Balaban J connectivity index is 2.43. The van der Waals surface area contributed by atoms with Crippen molar-refractivity contribution in [3.63, 3.8) is 0 Å². The molecule has 0 N–H and O–H groups in total. The van der Waals surface area contributed by atoms with Crippen molar-refractivity contribution in [1.82, 2.24) is 4.90 Å². The average molecular weight is 318 g/mol. The van der Waals surface area contributed by atoms with Crippen molar-refractivity contribution in [3.05, 3.63) is 30.1 Å². The molecule has 0 aliphatic rings. The van der Waals surface area contributed by atoms with Crippen LogP contribution in [0, 0.1) is 5.82 Å². The maximum Gasteiger partial charge on any atom is 0.238 e. The van der Waals surface area contributed by atoms with Crippen molar-refractivity contribution >= 4 is 21.8 Å². The minimum Gasteiger partial charge on any atom is -0.489 e. The molecule has 0 aromatic heterocycles. The van der Waals surface area contributed by atoms with Crippen LogP contribution in [0.15, 0.2) is 24.3 Å². The third-order valence-corrected chi connectivity index (χ3v) is 2.72. The van der Waals surface area contributed by atoms with Gasteiger partial charge in [0.05, 0.1) is 10.9 Å². The molecule has 1 amide bonds. The van der Waals surface area contributed by atoms with E-state index in [1.807, 2.05) is 0 Å². The molecular weight excluding hydrogens is 301 g/mol. The van der Waals surface area contributed by atoms with E-state index in [2.05, 4.69) is 15.9 Å². The maximum absolute atomic E-state index is 13.2. The third kappa shape index (κ3) is 4.29. The van der Waals surface area contributed by atoms with Gasteiger partial charge in [-0.25, -0.2) is 4.39 Å². The predicted molar refractivity (Wildman–Crippen MR) is 72.5 cm³/mol. The van der Waals surface area contributed by atoms with E-state index in [9.17, 15) is 9.18 Å². The summed E-state index contributed by atoms with van der Waals surface area (Å²) in [6.45, 7) is 4.22. The highest BCUT2D eigenvalue weighted by Gasteiger charge is 2.26. The molecule has 5 heteroatoms. The van der Waals surface area contributed by atoms with Crippen molar-refractivity contribution < 1.29 is 13.9 Å². The zero-order valence-electron chi connectivity index (χ0n) is 10.7. The normalized spacial score (nSPS) is 11.2. The standard InChI is InChI=1S/C13H17BrFNO2/c1-13(2,14)12(17)16(3)8-9-18-11-7-5-4-6-10(11)15/h4-7H,8-9H2,1-3H3. The second-order valence-electron chi connectivity index (χ2n) is 4.48. The van der Waals surface area contributed by atoms with Gasteiger partial charge in [0.1, 0.15) is 6.61 Å². The van der Waals surface area contributed by atoms with E-state index in [0.29, 0.717) is 6.54 Å². The Kier molecular flexibility index (Phi) is 5.14. The van der Waals surface area contributed by atoms with E-state index in [4.69, 9.17) is 4.74 Å². The van der Waals surface area contributed by atoms with E-state index >= 15 is 0 Å². The van der Waals surface area contributed by atoms with Crippen LogP contribution >= 0.6 is 15.9 Å². The van der Waals surface area contributed by atoms with Gasteiger partial charge in [-0.3, -0.25) is 4.79 Å². The molecular formula is C13H17BrFNO2. The molecule has 1 aromatic rings. The molecule has 0 spiro atoms. The molecule has 3 nitrogen and oxygen atoms in total. The maximum atomic E-state index is 13.2. The Bertz CT molecular complexity index is 418. The average Bonchev–Trinajstić information content (AvgIpc) is 2.29. The SMILES string of the molecule is CN(CCOc1ccccc1F)C(=O)C(C)(C)Br. The van der Waals surface area contributed by atoms with Crippen LogP contribution in [-0.4, -0.2) is 35.3 Å². The highest BCUT2D eigenvalue weighted by molar-refractivity contribution is 9.10. The fourth-order valence-electron chi connectivity index (χ4n) is 1.41. The predicted octanol–water partition coefficient (Wildman–Crippen LogP) is 2.84. The van der Waals surface area contributed by atoms with E-state index in [1.54, 1.807) is 44.0 Å². The van der Waals surface area contributed by atoms with E-state index < -0.39 is 10.1 Å². The lowest BCUT2D eigenvalue weighted by Gasteiger charge is -2.24. The van der Waals surface area contributed by atoms with Crippen LogP contribution in [0.25, 0.3) is 0 Å². The van der Waals surface area contributed by atoms with Gasteiger partial charge in [-0.05, 0) is 26.0 Å². The summed E-state index contributed by atoms with van der Waals surface area (Å²) in [4.78, 5) is 13.4. The quantitative estimate of drug-likeness (QED) is 0.782. The number of para-hydroxylation sites is 1. The lowest BCUT2D eigenvalue weighted by atomic mass is 10.2. The number of hydrogen-bond acceptors (Lipinski definition) is 2. The largest absolute Gasteiger partial charge is 0.489 e. The van der Waals surface area contributed by atoms with Gasteiger partial charge >= 0.3 is 0 Å². The minimum atomic E-state index is -0.597. The van der Waals surface area contributed by atoms with Crippen LogP contribution in [0.4, 0.5) is 4.39 Å². The van der Waals surface area contributed by atoms with Crippen molar-refractivity contribution in [2.24, 2.45) is 0 Å². The van der Waals surface area contributed by atoms with Gasteiger partial charge in [0, 0.05) is 7.05 Å². The Labute approximate surface area is 115 Å². The Hall–Kier alpha value is -1.10. The molecule has 1 aromatic carbocycles. The minimum absolute atomic E-state index is 0.0420. The number of benzene rings is 1. The van der Waals surface area contributed by atoms with E-state index in [0.717, 1.165) is 0 Å². The van der Waals surface area contributed by atoms with Crippen LogP contribution in [0.2, 0.25) is 0 Å². The van der Waals surface area contributed by atoms with Crippen molar-refractivity contribution in [2.75, 3.05) is 20.2 Å². The van der Waals surface area contributed by atoms with E-state index in [-0.39, 0.29) is 18.3 Å². The Morgan fingerprint density at radius 1 is 1.44 bits per heavy atom. The monoisotopic (exact) mass is 317 g/mol. The van der Waals surface area contributed by atoms with Gasteiger partial charge in [0.25, 0.3) is 0 Å². The summed E-state index contributed by atoms with van der Waals surface area (Å²) in [7, 11) is 1.69. The molecule has 0 saturated heterocycles. The summed E-state index contributed by atoms with van der Waals surface area (Å²) in [5, 5.41) is 0. The summed E-state index contributed by atoms with van der Waals surface area (Å²) in [5.74, 6) is -0.233. The molecule has 0 atom stereocenters. The van der Waals surface area contributed by atoms with E-state index in [1.165, 1.54) is 6.07 Å². The smallest absolute Gasteiger partial charge is 0.238 e. The van der Waals surface area contributed by atoms with Crippen molar-refractivity contribution in [1.29, 1.82) is 0 Å². The second kappa shape index (κ2) is 6.18. The molecule has 1 rings (SSSR count). The summed E-state index contributed by atoms with van der Waals surface area (Å²) in [5.41, 5.74) is 0. The fourth-order valence-corrected chi connectivity index (χ4v) is 1.71. The number of nitrogens with zero attached hydrogens (tertiary/aromatic N) is 1. The first-order chi connectivity index (χ1) is 8.32. The summed E-state index contributed by atoms with van der Waals surface area (Å²) < 4.78 is 17.9.